The zero-order valence-electron chi connectivity index (χ0n) is 16.4. The summed E-state index contributed by atoms with van der Waals surface area (Å²) in [4.78, 5) is 19.8. The van der Waals surface area contributed by atoms with Crippen molar-refractivity contribution in [2.24, 2.45) is 0 Å². The van der Waals surface area contributed by atoms with E-state index in [-0.39, 0.29) is 5.82 Å². The van der Waals surface area contributed by atoms with Gasteiger partial charge in [0.05, 0.1) is 29.1 Å². The maximum atomic E-state index is 13.4. The van der Waals surface area contributed by atoms with Crippen molar-refractivity contribution in [3.05, 3.63) is 73.4 Å². The lowest BCUT2D eigenvalue weighted by Crippen LogP contribution is -2.34. The Labute approximate surface area is 173 Å². The largest absolute Gasteiger partial charge is 0.451 e. The molecule has 0 saturated carbocycles. The van der Waals surface area contributed by atoms with Crippen LogP contribution in [0.1, 0.15) is 24.6 Å². The minimum absolute atomic E-state index is 0.263. The van der Waals surface area contributed by atoms with Crippen molar-refractivity contribution in [3.8, 4) is 22.6 Å². The molecule has 0 spiro atoms. The maximum Gasteiger partial charge on any atom is 0.180 e. The zero-order valence-corrected chi connectivity index (χ0v) is 16.4. The summed E-state index contributed by atoms with van der Waals surface area (Å²) >= 11 is 0. The number of aromatic nitrogens is 5. The Morgan fingerprint density at radius 1 is 1.03 bits per heavy atom. The van der Waals surface area contributed by atoms with Crippen molar-refractivity contribution in [3.63, 3.8) is 0 Å². The first-order valence-electron chi connectivity index (χ1n) is 9.96. The number of rotatable bonds is 5. The van der Waals surface area contributed by atoms with Crippen LogP contribution in [0.3, 0.4) is 0 Å². The summed E-state index contributed by atoms with van der Waals surface area (Å²) in [7, 11) is 0. The second kappa shape index (κ2) is 8.16. The fraction of sp³-hybridized carbons (Fsp3) is 0.273. The molecule has 0 N–H and O–H groups in total. The second-order valence-corrected chi connectivity index (χ2v) is 7.44. The van der Waals surface area contributed by atoms with Crippen molar-refractivity contribution in [1.82, 2.24) is 29.4 Å². The Kier molecular flexibility index (Phi) is 5.06. The van der Waals surface area contributed by atoms with Crippen LogP contribution in [0.2, 0.25) is 0 Å². The van der Waals surface area contributed by atoms with E-state index in [1.807, 2.05) is 12.4 Å². The van der Waals surface area contributed by atoms with Gasteiger partial charge < -0.3 is 8.98 Å². The molecule has 152 valence electrons. The van der Waals surface area contributed by atoms with Crippen molar-refractivity contribution < 1.29 is 8.81 Å². The molecule has 4 heterocycles. The van der Waals surface area contributed by atoms with E-state index in [1.54, 1.807) is 30.9 Å². The summed E-state index contributed by atoms with van der Waals surface area (Å²) in [6, 6.07) is 8.63. The van der Waals surface area contributed by atoms with E-state index >= 15 is 0 Å². The van der Waals surface area contributed by atoms with Gasteiger partial charge in [-0.05, 0) is 43.2 Å². The highest BCUT2D eigenvalue weighted by atomic mass is 19.1. The van der Waals surface area contributed by atoms with Crippen molar-refractivity contribution in [1.29, 1.82) is 0 Å². The molecule has 1 fully saturated rings. The number of benzene rings is 1. The highest BCUT2D eigenvalue weighted by Crippen LogP contribution is 2.35. The van der Waals surface area contributed by atoms with E-state index < -0.39 is 0 Å². The monoisotopic (exact) mass is 404 g/mol. The summed E-state index contributed by atoms with van der Waals surface area (Å²) in [5.74, 6) is -0.263. The average Bonchev–Trinajstić information content (AvgIpc) is 3.46. The van der Waals surface area contributed by atoms with Gasteiger partial charge in [0.1, 0.15) is 18.4 Å². The van der Waals surface area contributed by atoms with Gasteiger partial charge in [0.2, 0.25) is 0 Å². The molecule has 0 radical (unpaired) electrons. The van der Waals surface area contributed by atoms with Crippen molar-refractivity contribution >= 4 is 0 Å². The summed E-state index contributed by atoms with van der Waals surface area (Å²) in [5.41, 5.74) is 4.38. The van der Waals surface area contributed by atoms with Gasteiger partial charge in [-0.1, -0.05) is 0 Å². The van der Waals surface area contributed by atoms with Gasteiger partial charge >= 0.3 is 0 Å². The number of nitrogens with zero attached hydrogens (tertiary/aromatic N) is 6. The summed E-state index contributed by atoms with van der Waals surface area (Å²) in [5, 5.41) is 0. The van der Waals surface area contributed by atoms with Crippen LogP contribution in [-0.2, 0) is 6.54 Å². The molecule has 3 aromatic heterocycles. The molecule has 1 saturated heterocycles. The second-order valence-electron chi connectivity index (χ2n) is 7.44. The van der Waals surface area contributed by atoms with Crippen LogP contribution in [0, 0.1) is 5.82 Å². The highest BCUT2D eigenvalue weighted by molar-refractivity contribution is 5.76. The first-order valence-corrected chi connectivity index (χ1v) is 9.96. The SMILES string of the molecule is Fc1ccc(-c2ncn(C3CCN(Cc4cocn4)CC3)c2-c2ccncn2)cc1. The molecule has 7 nitrogen and oxygen atoms in total. The van der Waals surface area contributed by atoms with Crippen LogP contribution in [0.15, 0.2) is 66.3 Å². The van der Waals surface area contributed by atoms with Crippen LogP contribution in [0.4, 0.5) is 4.39 Å². The molecule has 30 heavy (non-hydrogen) atoms. The van der Waals surface area contributed by atoms with Crippen LogP contribution < -0.4 is 0 Å². The third-order valence-corrected chi connectivity index (χ3v) is 5.56. The maximum absolute atomic E-state index is 13.4. The Morgan fingerprint density at radius 2 is 1.87 bits per heavy atom. The standard InChI is InChI=1S/C22H21FN6O/c23-17-3-1-16(2-4-17)21-22(20-5-8-24-13-25-20)29(14-26-21)19-6-9-28(10-7-19)11-18-12-30-15-27-18/h1-5,8,12-15,19H,6-7,9-11H2. The smallest absolute Gasteiger partial charge is 0.180 e. The normalized spacial score (nSPS) is 15.5. The first kappa shape index (κ1) is 18.6. The quantitative estimate of drug-likeness (QED) is 0.501. The molecule has 8 heteroatoms. The first-order chi connectivity index (χ1) is 14.8. The number of likely N-dealkylation sites (tertiary alicyclic amines) is 1. The molecule has 5 rings (SSSR count). The zero-order chi connectivity index (χ0) is 20.3. The topological polar surface area (TPSA) is 72.9 Å². The number of hydrogen-bond acceptors (Lipinski definition) is 6. The van der Waals surface area contributed by atoms with Gasteiger partial charge in [0.25, 0.3) is 0 Å². The fourth-order valence-corrected chi connectivity index (χ4v) is 4.04. The predicted octanol–water partition coefficient (Wildman–Crippen LogP) is 3.97. The number of oxazole rings is 1. The molecule has 4 aromatic rings. The van der Waals surface area contributed by atoms with Gasteiger partial charge in [-0.3, -0.25) is 4.90 Å². The van der Waals surface area contributed by atoms with Crippen molar-refractivity contribution in [2.45, 2.75) is 25.4 Å². The van der Waals surface area contributed by atoms with E-state index in [9.17, 15) is 4.39 Å². The molecule has 0 aliphatic carbocycles. The molecule has 0 atom stereocenters. The third-order valence-electron chi connectivity index (χ3n) is 5.56. The Morgan fingerprint density at radius 3 is 2.57 bits per heavy atom. The van der Waals surface area contributed by atoms with Crippen LogP contribution in [-0.4, -0.2) is 42.5 Å². The Balaban J connectivity index is 1.43. The number of piperidine rings is 1. The summed E-state index contributed by atoms with van der Waals surface area (Å²) < 4.78 is 20.7. The average molecular weight is 404 g/mol. The molecule has 0 unspecified atom stereocenters. The van der Waals surface area contributed by atoms with Gasteiger partial charge in [0.15, 0.2) is 6.39 Å². The molecule has 0 amide bonds. The van der Waals surface area contributed by atoms with Crippen LogP contribution in [0.25, 0.3) is 22.6 Å². The molecular weight excluding hydrogens is 383 g/mol. The number of imidazole rings is 1. The predicted molar refractivity (Wildman–Crippen MR) is 109 cm³/mol. The molecule has 1 aromatic carbocycles. The van der Waals surface area contributed by atoms with E-state index in [1.165, 1.54) is 18.5 Å². The Bertz CT molecular complexity index is 1090. The lowest BCUT2D eigenvalue weighted by molar-refractivity contribution is 0.178. The van der Waals surface area contributed by atoms with E-state index in [2.05, 4.69) is 24.4 Å². The molecule has 1 aliphatic rings. The van der Waals surface area contributed by atoms with Gasteiger partial charge in [-0.25, -0.2) is 24.3 Å². The highest BCUT2D eigenvalue weighted by Gasteiger charge is 2.26. The Hall–Kier alpha value is -3.39. The van der Waals surface area contributed by atoms with Gasteiger partial charge in [-0.15, -0.1) is 0 Å². The minimum Gasteiger partial charge on any atom is -0.451 e. The third kappa shape index (κ3) is 3.73. The van der Waals surface area contributed by atoms with Crippen molar-refractivity contribution in [2.75, 3.05) is 13.1 Å². The summed E-state index contributed by atoms with van der Waals surface area (Å²) in [6.45, 7) is 2.72. The van der Waals surface area contributed by atoms with E-state index in [0.717, 1.165) is 60.8 Å². The lowest BCUT2D eigenvalue weighted by Gasteiger charge is -2.32. The summed E-state index contributed by atoms with van der Waals surface area (Å²) in [6.07, 6.45) is 10.3. The van der Waals surface area contributed by atoms with E-state index in [0.29, 0.717) is 6.04 Å². The van der Waals surface area contributed by atoms with Crippen LogP contribution >= 0.6 is 0 Å². The number of hydrogen-bond donors (Lipinski definition) is 0. The molecular formula is C22H21FN6O. The lowest BCUT2D eigenvalue weighted by atomic mass is 10.0. The number of halogens is 1. The molecule has 1 aliphatic heterocycles. The van der Waals surface area contributed by atoms with Gasteiger partial charge in [0, 0.05) is 37.4 Å². The molecule has 0 bridgehead atoms. The minimum atomic E-state index is -0.263. The fourth-order valence-electron chi connectivity index (χ4n) is 4.04. The van der Waals surface area contributed by atoms with E-state index in [4.69, 9.17) is 9.40 Å². The van der Waals surface area contributed by atoms with Gasteiger partial charge in [-0.2, -0.15) is 0 Å². The van der Waals surface area contributed by atoms with Crippen LogP contribution in [0.5, 0.6) is 0 Å².